The summed E-state index contributed by atoms with van der Waals surface area (Å²) in [4.78, 5) is 34.3. The molecule has 146 valence electrons. The van der Waals surface area contributed by atoms with Crippen LogP contribution in [0, 0.1) is 10.1 Å². The first-order chi connectivity index (χ1) is 14.0. The molecule has 10 nitrogen and oxygen atoms in total. The first-order valence-corrected chi connectivity index (χ1v) is 9.08. The molecule has 1 heterocycles. The van der Waals surface area contributed by atoms with E-state index < -0.39 is 10.8 Å². The molecule has 0 bridgehead atoms. The molecule has 2 N–H and O–H groups in total. The smallest absolute Gasteiger partial charge is 0.270 e. The van der Waals surface area contributed by atoms with E-state index in [2.05, 4.69) is 26.0 Å². The molecule has 0 aliphatic rings. The monoisotopic (exact) mass is 410 g/mol. The van der Waals surface area contributed by atoms with Crippen LogP contribution in [-0.4, -0.2) is 33.1 Å². The van der Waals surface area contributed by atoms with Crippen LogP contribution in [0.15, 0.2) is 59.7 Å². The van der Waals surface area contributed by atoms with Gasteiger partial charge in [-0.05, 0) is 12.1 Å². The number of rotatable bonds is 7. The average molecular weight is 410 g/mol. The Morgan fingerprint density at radius 1 is 1.14 bits per heavy atom. The summed E-state index contributed by atoms with van der Waals surface area (Å²) in [5.74, 6) is -0.761. The molecule has 0 radical (unpaired) electrons. The van der Waals surface area contributed by atoms with Crippen molar-refractivity contribution in [1.82, 2.24) is 15.6 Å². The van der Waals surface area contributed by atoms with Crippen LogP contribution in [0.4, 0.5) is 10.8 Å². The van der Waals surface area contributed by atoms with Gasteiger partial charge in [-0.2, -0.15) is 5.10 Å². The molecular weight excluding hydrogens is 396 g/mol. The van der Waals surface area contributed by atoms with Gasteiger partial charge in [0.05, 0.1) is 17.6 Å². The Balaban J connectivity index is 1.52. The van der Waals surface area contributed by atoms with Gasteiger partial charge in [-0.25, -0.2) is 5.43 Å². The highest BCUT2D eigenvalue weighted by Gasteiger charge is 2.12. The molecular formula is C18H14N6O4S. The van der Waals surface area contributed by atoms with Crippen LogP contribution in [0.2, 0.25) is 0 Å². The van der Waals surface area contributed by atoms with E-state index in [0.29, 0.717) is 16.1 Å². The highest BCUT2D eigenvalue weighted by Crippen LogP contribution is 2.17. The topological polar surface area (TPSA) is 139 Å². The number of carbonyl (C=O) groups excluding carboxylic acids is 2. The van der Waals surface area contributed by atoms with Gasteiger partial charge in [0.15, 0.2) is 0 Å². The van der Waals surface area contributed by atoms with Crippen molar-refractivity contribution in [2.24, 2.45) is 5.10 Å². The summed E-state index contributed by atoms with van der Waals surface area (Å²) in [5.41, 5.74) is 3.20. The Morgan fingerprint density at radius 2 is 1.93 bits per heavy atom. The number of nitrogens with one attached hydrogen (secondary N) is 2. The second-order valence-electron chi connectivity index (χ2n) is 5.64. The zero-order chi connectivity index (χ0) is 20.6. The summed E-state index contributed by atoms with van der Waals surface area (Å²) < 4.78 is 0. The third-order valence-electron chi connectivity index (χ3n) is 3.52. The third-order valence-corrected chi connectivity index (χ3v) is 4.36. The summed E-state index contributed by atoms with van der Waals surface area (Å²) in [7, 11) is 0. The number of hydrogen-bond donors (Lipinski definition) is 2. The Labute approximate surface area is 168 Å². The van der Waals surface area contributed by atoms with Crippen LogP contribution in [0.3, 0.4) is 0 Å². The molecule has 2 amide bonds. The first kappa shape index (κ1) is 19.8. The normalized spacial score (nSPS) is 10.6. The van der Waals surface area contributed by atoms with Crippen molar-refractivity contribution in [1.29, 1.82) is 0 Å². The number of nitro benzene ring substituents is 1. The highest BCUT2D eigenvalue weighted by molar-refractivity contribution is 7.15. The predicted molar refractivity (Wildman–Crippen MR) is 107 cm³/mol. The van der Waals surface area contributed by atoms with Crippen LogP contribution < -0.4 is 10.7 Å². The van der Waals surface area contributed by atoms with Crippen molar-refractivity contribution in [3.8, 4) is 0 Å². The van der Waals surface area contributed by atoms with Crippen molar-refractivity contribution >= 4 is 40.2 Å². The minimum atomic E-state index is -0.514. The number of amides is 2. The summed E-state index contributed by atoms with van der Waals surface area (Å²) in [5, 5.41) is 25.5. The number of benzene rings is 2. The molecule has 0 unspecified atom stereocenters. The summed E-state index contributed by atoms with van der Waals surface area (Å²) in [6.07, 6.45) is 1.22. The van der Waals surface area contributed by atoms with Gasteiger partial charge in [-0.1, -0.05) is 41.7 Å². The molecule has 0 spiro atoms. The van der Waals surface area contributed by atoms with Gasteiger partial charge in [0.1, 0.15) is 5.01 Å². The lowest BCUT2D eigenvalue weighted by Crippen LogP contribution is -2.19. The molecule has 3 aromatic rings. The minimum Gasteiger partial charge on any atom is -0.296 e. The molecule has 0 aliphatic carbocycles. The third kappa shape index (κ3) is 5.74. The van der Waals surface area contributed by atoms with Crippen molar-refractivity contribution in [2.45, 2.75) is 6.42 Å². The first-order valence-electron chi connectivity index (χ1n) is 8.26. The number of nitrogens with zero attached hydrogens (tertiary/aromatic N) is 4. The lowest BCUT2D eigenvalue weighted by molar-refractivity contribution is -0.384. The number of anilines is 1. The van der Waals surface area contributed by atoms with E-state index in [1.165, 1.54) is 24.4 Å². The highest BCUT2D eigenvalue weighted by atomic mass is 32.1. The molecule has 2 aromatic carbocycles. The molecule has 11 heteroatoms. The van der Waals surface area contributed by atoms with E-state index in [9.17, 15) is 19.7 Å². The molecule has 0 saturated carbocycles. The van der Waals surface area contributed by atoms with Crippen molar-refractivity contribution in [2.75, 3.05) is 5.32 Å². The maximum absolute atomic E-state index is 12.1. The number of aromatic nitrogens is 2. The Morgan fingerprint density at radius 3 is 2.69 bits per heavy atom. The standard InChI is InChI=1S/C18H14N6O4S/c25-15(21-19-11-12-5-4-8-14(9-12)24(27)28)10-16-22-23-18(29-16)20-17(26)13-6-2-1-3-7-13/h1-9,11H,10H2,(H,21,25)(H,20,23,26). The van der Waals surface area contributed by atoms with E-state index in [4.69, 9.17) is 0 Å². The maximum atomic E-state index is 12.1. The molecule has 0 saturated heterocycles. The fourth-order valence-electron chi connectivity index (χ4n) is 2.21. The molecule has 0 atom stereocenters. The zero-order valence-corrected chi connectivity index (χ0v) is 15.6. The maximum Gasteiger partial charge on any atom is 0.270 e. The second-order valence-corrected chi connectivity index (χ2v) is 6.71. The van der Waals surface area contributed by atoms with Crippen molar-refractivity contribution in [3.63, 3.8) is 0 Å². The summed E-state index contributed by atoms with van der Waals surface area (Å²) in [6.45, 7) is 0. The summed E-state index contributed by atoms with van der Waals surface area (Å²) in [6, 6.07) is 14.5. The molecule has 3 rings (SSSR count). The van der Waals surface area contributed by atoms with Crippen LogP contribution in [0.1, 0.15) is 20.9 Å². The van der Waals surface area contributed by atoms with E-state index in [1.807, 2.05) is 0 Å². The van der Waals surface area contributed by atoms with Gasteiger partial charge in [0.25, 0.3) is 11.6 Å². The van der Waals surface area contributed by atoms with Crippen molar-refractivity contribution < 1.29 is 14.5 Å². The van der Waals surface area contributed by atoms with Gasteiger partial charge in [0, 0.05) is 23.3 Å². The molecule has 0 aliphatic heterocycles. The van der Waals surface area contributed by atoms with Crippen LogP contribution in [0.25, 0.3) is 0 Å². The average Bonchev–Trinajstić information content (AvgIpc) is 3.15. The molecule has 29 heavy (non-hydrogen) atoms. The van der Waals surface area contributed by atoms with Crippen LogP contribution >= 0.6 is 11.3 Å². The van der Waals surface area contributed by atoms with Crippen LogP contribution in [0.5, 0.6) is 0 Å². The van der Waals surface area contributed by atoms with E-state index in [0.717, 1.165) is 11.3 Å². The van der Waals surface area contributed by atoms with E-state index in [-0.39, 0.29) is 23.1 Å². The largest absolute Gasteiger partial charge is 0.296 e. The van der Waals surface area contributed by atoms with E-state index >= 15 is 0 Å². The van der Waals surface area contributed by atoms with Gasteiger partial charge >= 0.3 is 0 Å². The number of hydrogen-bond acceptors (Lipinski definition) is 8. The second kappa shape index (κ2) is 9.28. The Hall–Kier alpha value is -3.99. The van der Waals surface area contributed by atoms with Gasteiger partial charge in [-0.15, -0.1) is 10.2 Å². The zero-order valence-electron chi connectivity index (χ0n) is 14.8. The number of carbonyl (C=O) groups is 2. The van der Waals surface area contributed by atoms with Gasteiger partial charge in [0.2, 0.25) is 11.0 Å². The number of nitro groups is 1. The SMILES string of the molecule is O=C(Cc1nnc(NC(=O)c2ccccc2)s1)NN=Cc1cccc([N+](=O)[O-])c1. The lowest BCUT2D eigenvalue weighted by Gasteiger charge is -1.99. The van der Waals surface area contributed by atoms with Gasteiger partial charge in [-0.3, -0.25) is 25.0 Å². The van der Waals surface area contributed by atoms with E-state index in [1.54, 1.807) is 36.4 Å². The van der Waals surface area contributed by atoms with Crippen LogP contribution in [-0.2, 0) is 11.2 Å². The lowest BCUT2D eigenvalue weighted by atomic mass is 10.2. The molecule has 1 aromatic heterocycles. The van der Waals surface area contributed by atoms with Gasteiger partial charge < -0.3 is 0 Å². The Kier molecular flexibility index (Phi) is 6.32. The number of hydrazone groups is 1. The molecule has 0 fully saturated rings. The predicted octanol–water partition coefficient (Wildman–Crippen LogP) is 2.39. The fourth-order valence-corrected chi connectivity index (χ4v) is 2.94. The fraction of sp³-hybridized carbons (Fsp3) is 0.0556. The number of non-ortho nitro benzene ring substituents is 1. The summed E-state index contributed by atoms with van der Waals surface area (Å²) >= 11 is 1.08. The Bertz CT molecular complexity index is 1070. The minimum absolute atomic E-state index is 0.0702. The quantitative estimate of drug-likeness (QED) is 0.348. The van der Waals surface area contributed by atoms with Crippen molar-refractivity contribution in [3.05, 3.63) is 80.8 Å².